The second kappa shape index (κ2) is 8.20. The third-order valence-corrected chi connectivity index (χ3v) is 6.00. The summed E-state index contributed by atoms with van der Waals surface area (Å²) in [6.45, 7) is 3.26. The number of aromatic nitrogens is 2. The van der Waals surface area contributed by atoms with E-state index < -0.39 is 5.97 Å². The van der Waals surface area contributed by atoms with Crippen LogP contribution in [0.1, 0.15) is 40.5 Å². The number of benzene rings is 3. The van der Waals surface area contributed by atoms with E-state index in [1.165, 1.54) is 7.11 Å². The van der Waals surface area contributed by atoms with Gasteiger partial charge in [-0.25, -0.2) is 14.8 Å². The fourth-order valence-electron chi connectivity index (χ4n) is 4.41. The van der Waals surface area contributed by atoms with Gasteiger partial charge in [-0.15, -0.1) is 0 Å². The van der Waals surface area contributed by atoms with Gasteiger partial charge >= 0.3 is 5.97 Å². The molecule has 8 heteroatoms. The van der Waals surface area contributed by atoms with Crippen molar-refractivity contribution in [3.05, 3.63) is 47.5 Å². The van der Waals surface area contributed by atoms with E-state index in [0.717, 1.165) is 12.8 Å². The van der Waals surface area contributed by atoms with Gasteiger partial charge in [-0.1, -0.05) is 24.3 Å². The maximum absolute atomic E-state index is 13.1. The Balaban J connectivity index is 1.82. The number of methoxy groups -OCH3 is 1. The summed E-state index contributed by atoms with van der Waals surface area (Å²) in [5.41, 5.74) is 1.97. The minimum Gasteiger partial charge on any atom is -0.506 e. The molecule has 5 rings (SSSR count). The van der Waals surface area contributed by atoms with Crippen LogP contribution in [-0.4, -0.2) is 58.7 Å². The summed E-state index contributed by atoms with van der Waals surface area (Å²) >= 11 is 0. The van der Waals surface area contributed by atoms with Crippen molar-refractivity contribution in [2.45, 2.75) is 19.8 Å². The topological polar surface area (TPSA) is 102 Å². The zero-order valence-electron chi connectivity index (χ0n) is 18.4. The molecule has 0 bridgehead atoms. The Morgan fingerprint density at radius 2 is 1.70 bits per heavy atom. The van der Waals surface area contributed by atoms with Crippen molar-refractivity contribution in [1.29, 1.82) is 0 Å². The molecule has 33 heavy (non-hydrogen) atoms. The lowest BCUT2D eigenvalue weighted by Gasteiger charge is -2.18. The molecule has 3 aromatic carbocycles. The van der Waals surface area contributed by atoms with Crippen LogP contribution in [0.3, 0.4) is 0 Å². The number of hydrogen-bond donors (Lipinski definition) is 1. The lowest BCUT2D eigenvalue weighted by Crippen LogP contribution is -2.28. The number of nitrogens with zero attached hydrogens (tertiary/aromatic N) is 3. The van der Waals surface area contributed by atoms with Gasteiger partial charge in [0.1, 0.15) is 22.6 Å². The number of likely N-dealkylation sites (tertiary alicyclic amines) is 1. The average Bonchev–Trinajstić information content (AvgIpc) is 3.37. The minimum atomic E-state index is -0.679. The Labute approximate surface area is 189 Å². The van der Waals surface area contributed by atoms with Gasteiger partial charge in [0, 0.05) is 29.9 Å². The predicted molar refractivity (Wildman–Crippen MR) is 124 cm³/mol. The normalized spacial score (nSPS) is 13.7. The highest BCUT2D eigenvalue weighted by Crippen LogP contribution is 2.37. The van der Waals surface area contributed by atoms with E-state index in [9.17, 15) is 14.7 Å². The van der Waals surface area contributed by atoms with Gasteiger partial charge in [0.05, 0.1) is 35.8 Å². The van der Waals surface area contributed by atoms with E-state index in [2.05, 4.69) is 4.98 Å². The van der Waals surface area contributed by atoms with Gasteiger partial charge in [-0.2, -0.15) is 0 Å². The Morgan fingerprint density at radius 1 is 1.03 bits per heavy atom. The summed E-state index contributed by atoms with van der Waals surface area (Å²) in [5, 5.41) is 12.1. The predicted octanol–water partition coefficient (Wildman–Crippen LogP) is 4.06. The molecule has 1 aliphatic rings. The monoisotopic (exact) mass is 445 g/mol. The maximum atomic E-state index is 13.1. The van der Waals surface area contributed by atoms with E-state index >= 15 is 0 Å². The van der Waals surface area contributed by atoms with Crippen LogP contribution < -0.4 is 4.74 Å². The highest BCUT2D eigenvalue weighted by Gasteiger charge is 2.26. The summed E-state index contributed by atoms with van der Waals surface area (Å²) in [4.78, 5) is 37.1. The number of aromatic hydroxyl groups is 1. The van der Waals surface area contributed by atoms with E-state index in [-0.39, 0.29) is 29.3 Å². The first-order valence-electron chi connectivity index (χ1n) is 10.9. The van der Waals surface area contributed by atoms with Crippen molar-refractivity contribution in [3.63, 3.8) is 0 Å². The summed E-state index contributed by atoms with van der Waals surface area (Å²) in [6.07, 6.45) is 1.95. The number of ether oxygens (including phenoxy) is 2. The van der Waals surface area contributed by atoms with E-state index in [0.29, 0.717) is 51.7 Å². The summed E-state index contributed by atoms with van der Waals surface area (Å²) in [5.74, 6) is -0.588. The van der Waals surface area contributed by atoms with Gasteiger partial charge < -0.3 is 19.5 Å². The van der Waals surface area contributed by atoms with Crippen molar-refractivity contribution in [1.82, 2.24) is 14.9 Å². The zero-order valence-corrected chi connectivity index (χ0v) is 18.4. The largest absolute Gasteiger partial charge is 0.506 e. The smallest absolute Gasteiger partial charge is 0.344 e. The fourth-order valence-corrected chi connectivity index (χ4v) is 4.41. The lowest BCUT2D eigenvalue weighted by atomic mass is 10.0. The molecule has 1 aromatic heterocycles. The van der Waals surface area contributed by atoms with Gasteiger partial charge in [0.15, 0.2) is 0 Å². The van der Waals surface area contributed by atoms with Crippen LogP contribution in [0, 0.1) is 0 Å². The molecule has 1 amide bonds. The molecule has 1 saturated heterocycles. The van der Waals surface area contributed by atoms with Crippen molar-refractivity contribution in [3.8, 4) is 11.5 Å². The Morgan fingerprint density at radius 3 is 2.39 bits per heavy atom. The second-order valence-electron chi connectivity index (χ2n) is 7.95. The summed E-state index contributed by atoms with van der Waals surface area (Å²) in [7, 11) is 1.52. The lowest BCUT2D eigenvalue weighted by molar-refractivity contribution is 0.0525. The van der Waals surface area contributed by atoms with Crippen LogP contribution >= 0.6 is 0 Å². The van der Waals surface area contributed by atoms with Crippen LogP contribution in [-0.2, 0) is 4.74 Å². The molecule has 168 valence electrons. The number of esters is 1. The van der Waals surface area contributed by atoms with E-state index in [4.69, 9.17) is 14.5 Å². The van der Waals surface area contributed by atoms with Crippen molar-refractivity contribution in [2.75, 3.05) is 26.8 Å². The van der Waals surface area contributed by atoms with Crippen LogP contribution in [0.5, 0.6) is 11.5 Å². The first kappa shape index (κ1) is 20.9. The third-order valence-electron chi connectivity index (χ3n) is 6.00. The number of phenols is 1. The molecule has 0 saturated carbocycles. The maximum Gasteiger partial charge on any atom is 0.344 e. The van der Waals surface area contributed by atoms with Crippen LogP contribution in [0.15, 0.2) is 36.4 Å². The Kier molecular flexibility index (Phi) is 5.20. The number of carbonyl (C=O) groups is 2. The standard InChI is InChI=1S/C25H23N3O5/c1-3-33-25(31)20-22-21(14-8-4-5-9-15(14)23(20)29)26-18-13-19(32-2)16(12-17(18)27-22)24(30)28-10-6-7-11-28/h4-5,8-9,12-13,29H,3,6-7,10-11H2,1-2H3. The Bertz CT molecular complexity index is 1430. The number of phenolic OH excluding ortho intramolecular Hbond substituents is 1. The quantitative estimate of drug-likeness (QED) is 0.287. The molecule has 0 unspecified atom stereocenters. The summed E-state index contributed by atoms with van der Waals surface area (Å²) < 4.78 is 10.7. The van der Waals surface area contributed by atoms with Crippen LogP contribution in [0.2, 0.25) is 0 Å². The molecule has 1 fully saturated rings. The van der Waals surface area contributed by atoms with E-state index in [1.807, 2.05) is 12.1 Å². The first-order valence-corrected chi connectivity index (χ1v) is 10.9. The number of rotatable bonds is 4. The molecule has 0 radical (unpaired) electrons. The molecule has 0 atom stereocenters. The van der Waals surface area contributed by atoms with Crippen LogP contribution in [0.4, 0.5) is 0 Å². The van der Waals surface area contributed by atoms with Gasteiger partial charge in [0.25, 0.3) is 5.91 Å². The molecular formula is C25H23N3O5. The highest BCUT2D eigenvalue weighted by atomic mass is 16.5. The zero-order chi connectivity index (χ0) is 23.1. The SMILES string of the molecule is CCOC(=O)c1c(O)c2ccccc2c2nc3cc(OC)c(C(=O)N4CCCC4)cc3nc12. The molecule has 0 spiro atoms. The van der Waals surface area contributed by atoms with Crippen molar-refractivity contribution < 1.29 is 24.2 Å². The van der Waals surface area contributed by atoms with E-state index in [1.54, 1.807) is 36.1 Å². The summed E-state index contributed by atoms with van der Waals surface area (Å²) in [6, 6.07) is 10.5. The molecule has 1 N–H and O–H groups in total. The van der Waals surface area contributed by atoms with Crippen LogP contribution in [0.25, 0.3) is 32.8 Å². The van der Waals surface area contributed by atoms with Crippen molar-refractivity contribution >= 4 is 44.7 Å². The Hall–Kier alpha value is -3.94. The fraction of sp³-hybridized carbons (Fsp3) is 0.280. The van der Waals surface area contributed by atoms with Gasteiger partial charge in [0.2, 0.25) is 0 Å². The van der Waals surface area contributed by atoms with Gasteiger partial charge in [-0.05, 0) is 25.8 Å². The minimum absolute atomic E-state index is 0.0387. The number of carbonyl (C=O) groups excluding carboxylic acids is 2. The average molecular weight is 445 g/mol. The number of fused-ring (bicyclic) bond motifs is 4. The molecule has 4 aromatic rings. The molecular weight excluding hydrogens is 422 g/mol. The molecule has 0 aliphatic carbocycles. The van der Waals surface area contributed by atoms with Gasteiger partial charge in [-0.3, -0.25) is 4.79 Å². The van der Waals surface area contributed by atoms with Crippen molar-refractivity contribution in [2.24, 2.45) is 0 Å². The molecule has 2 heterocycles. The third kappa shape index (κ3) is 3.38. The number of amides is 1. The first-order chi connectivity index (χ1) is 16.0. The highest BCUT2D eigenvalue weighted by molar-refractivity contribution is 6.18. The molecule has 1 aliphatic heterocycles. The second-order valence-corrected chi connectivity index (χ2v) is 7.95. The molecule has 8 nitrogen and oxygen atoms in total. The number of hydrogen-bond acceptors (Lipinski definition) is 7.